The normalized spacial score (nSPS) is 17.5. The van der Waals surface area contributed by atoms with Crippen LogP contribution in [0.25, 0.3) is 10.9 Å². The molecule has 2 aromatic carbocycles. The Balaban J connectivity index is 1.43. The molecule has 0 saturated carbocycles. The summed E-state index contributed by atoms with van der Waals surface area (Å²) >= 11 is 0. The third-order valence-electron chi connectivity index (χ3n) is 5.32. The molecule has 0 bridgehead atoms. The number of amides is 1. The van der Waals surface area contributed by atoms with Crippen LogP contribution in [0, 0.1) is 12.8 Å². The lowest BCUT2D eigenvalue weighted by atomic mass is 10.1. The van der Waals surface area contributed by atoms with Gasteiger partial charge in [0.15, 0.2) is 6.10 Å². The average Bonchev–Trinajstić information content (AvgIpc) is 3.32. The first-order valence-electron chi connectivity index (χ1n) is 9.62. The van der Waals surface area contributed by atoms with Crippen molar-refractivity contribution >= 4 is 34.3 Å². The number of nitrogens with zero attached hydrogens (tertiary/aromatic N) is 1. The quantitative estimate of drug-likeness (QED) is 0.533. The number of carbonyl (C=O) groups excluding carboxylic acids is 3. The molecule has 148 valence electrons. The van der Waals surface area contributed by atoms with Gasteiger partial charge in [-0.05, 0) is 32.0 Å². The van der Waals surface area contributed by atoms with Gasteiger partial charge in [-0.15, -0.1) is 0 Å². The summed E-state index contributed by atoms with van der Waals surface area (Å²) in [6, 6.07) is 15.1. The zero-order valence-electron chi connectivity index (χ0n) is 16.3. The number of para-hydroxylation sites is 1. The number of rotatable bonds is 5. The van der Waals surface area contributed by atoms with E-state index in [1.165, 1.54) is 0 Å². The van der Waals surface area contributed by atoms with Gasteiger partial charge in [0, 0.05) is 41.3 Å². The zero-order valence-corrected chi connectivity index (χ0v) is 16.3. The van der Waals surface area contributed by atoms with Crippen molar-refractivity contribution in [1.29, 1.82) is 0 Å². The van der Waals surface area contributed by atoms with Gasteiger partial charge >= 0.3 is 5.97 Å². The van der Waals surface area contributed by atoms with Crippen molar-refractivity contribution in [3.8, 4) is 0 Å². The van der Waals surface area contributed by atoms with Gasteiger partial charge in [-0.2, -0.15) is 0 Å². The van der Waals surface area contributed by atoms with E-state index < -0.39 is 18.0 Å². The van der Waals surface area contributed by atoms with Crippen LogP contribution in [0.4, 0.5) is 5.69 Å². The number of hydrogen-bond donors (Lipinski definition) is 1. The Bertz CT molecular complexity index is 1080. The van der Waals surface area contributed by atoms with Gasteiger partial charge in [-0.1, -0.05) is 35.9 Å². The molecule has 0 radical (unpaired) electrons. The Morgan fingerprint density at radius 2 is 1.86 bits per heavy atom. The van der Waals surface area contributed by atoms with Gasteiger partial charge in [0.05, 0.1) is 5.92 Å². The number of esters is 1. The third-order valence-corrected chi connectivity index (χ3v) is 5.32. The first-order chi connectivity index (χ1) is 13.9. The number of ether oxygens (including phenoxy) is 1. The summed E-state index contributed by atoms with van der Waals surface area (Å²) < 4.78 is 5.44. The minimum Gasteiger partial charge on any atom is -0.454 e. The fraction of sp³-hybridized carbons (Fsp3) is 0.261. The Labute approximate surface area is 168 Å². The van der Waals surface area contributed by atoms with Crippen LogP contribution in [0.15, 0.2) is 54.7 Å². The number of benzene rings is 2. The van der Waals surface area contributed by atoms with Crippen LogP contribution in [-0.4, -0.2) is 35.3 Å². The van der Waals surface area contributed by atoms with E-state index in [9.17, 15) is 14.4 Å². The molecule has 4 rings (SSSR count). The highest BCUT2D eigenvalue weighted by Crippen LogP contribution is 2.27. The number of carbonyl (C=O) groups is 3. The van der Waals surface area contributed by atoms with Crippen molar-refractivity contribution in [3.63, 3.8) is 0 Å². The summed E-state index contributed by atoms with van der Waals surface area (Å²) in [5, 5.41) is 0.794. The topological polar surface area (TPSA) is 79.5 Å². The van der Waals surface area contributed by atoms with E-state index in [2.05, 4.69) is 4.98 Å². The molecule has 1 fully saturated rings. The largest absolute Gasteiger partial charge is 0.454 e. The minimum atomic E-state index is -0.926. The maximum Gasteiger partial charge on any atom is 0.312 e. The van der Waals surface area contributed by atoms with E-state index in [-0.39, 0.29) is 24.7 Å². The standard InChI is InChI=1S/C23H22N2O4/c1-14-7-9-17(10-8-14)25-13-16(11-21(25)26)23(28)29-15(2)22(27)19-12-24-20-6-4-3-5-18(19)20/h3-10,12,15-16,24H,11,13H2,1-2H3. The van der Waals surface area contributed by atoms with Crippen LogP contribution in [-0.2, 0) is 14.3 Å². The van der Waals surface area contributed by atoms with E-state index in [1.807, 2.05) is 55.5 Å². The number of anilines is 1. The molecule has 1 saturated heterocycles. The monoisotopic (exact) mass is 390 g/mol. The van der Waals surface area contributed by atoms with E-state index in [0.717, 1.165) is 22.2 Å². The fourth-order valence-electron chi connectivity index (χ4n) is 3.66. The molecule has 1 aromatic heterocycles. The van der Waals surface area contributed by atoms with Crippen LogP contribution in [0.1, 0.15) is 29.3 Å². The number of nitrogens with one attached hydrogen (secondary N) is 1. The summed E-state index contributed by atoms with van der Waals surface area (Å²) in [6.45, 7) is 3.80. The number of Topliss-reactive ketones (excluding diaryl/α,β-unsaturated/α-hetero) is 1. The first-order valence-corrected chi connectivity index (χ1v) is 9.62. The SMILES string of the molecule is Cc1ccc(N2CC(C(=O)OC(C)C(=O)c3c[nH]c4ccccc34)CC2=O)cc1. The van der Waals surface area contributed by atoms with Gasteiger partial charge in [0.25, 0.3) is 0 Å². The zero-order chi connectivity index (χ0) is 20.5. The number of ketones is 1. The smallest absolute Gasteiger partial charge is 0.312 e. The van der Waals surface area contributed by atoms with Crippen molar-refractivity contribution in [2.24, 2.45) is 5.92 Å². The summed E-state index contributed by atoms with van der Waals surface area (Å²) in [4.78, 5) is 42.4. The average molecular weight is 390 g/mol. The van der Waals surface area contributed by atoms with Crippen LogP contribution in [0.2, 0.25) is 0 Å². The number of aryl methyl sites for hydroxylation is 1. The molecule has 6 heteroatoms. The molecule has 3 aromatic rings. The maximum absolute atomic E-state index is 12.8. The predicted molar refractivity (Wildman–Crippen MR) is 110 cm³/mol. The van der Waals surface area contributed by atoms with Crippen LogP contribution < -0.4 is 4.90 Å². The molecule has 2 heterocycles. The summed E-state index contributed by atoms with van der Waals surface area (Å²) in [7, 11) is 0. The lowest BCUT2D eigenvalue weighted by molar-refractivity contribution is -0.151. The van der Waals surface area contributed by atoms with Crippen LogP contribution >= 0.6 is 0 Å². The lowest BCUT2D eigenvalue weighted by Gasteiger charge is -2.18. The van der Waals surface area contributed by atoms with E-state index >= 15 is 0 Å². The summed E-state index contributed by atoms with van der Waals surface area (Å²) in [5.41, 5.74) is 3.20. The van der Waals surface area contributed by atoms with Crippen LogP contribution in [0.5, 0.6) is 0 Å². The predicted octanol–water partition coefficient (Wildman–Crippen LogP) is 3.64. The molecular weight excluding hydrogens is 368 g/mol. The molecule has 29 heavy (non-hydrogen) atoms. The molecule has 2 unspecified atom stereocenters. The highest BCUT2D eigenvalue weighted by molar-refractivity contribution is 6.10. The Morgan fingerprint density at radius 3 is 2.62 bits per heavy atom. The van der Waals surface area contributed by atoms with Gasteiger partial charge < -0.3 is 14.6 Å². The maximum atomic E-state index is 12.8. The number of hydrogen-bond acceptors (Lipinski definition) is 4. The Kier molecular flexibility index (Phi) is 4.92. The molecule has 0 spiro atoms. The lowest BCUT2D eigenvalue weighted by Crippen LogP contribution is -2.30. The second kappa shape index (κ2) is 7.54. The molecule has 1 amide bonds. The van der Waals surface area contributed by atoms with Gasteiger partial charge in [-0.25, -0.2) is 0 Å². The highest BCUT2D eigenvalue weighted by Gasteiger charge is 2.37. The molecule has 1 N–H and O–H groups in total. The van der Waals surface area contributed by atoms with Gasteiger partial charge in [0.1, 0.15) is 0 Å². The molecule has 1 aliphatic rings. The second-order valence-corrected chi connectivity index (χ2v) is 7.43. The number of aromatic amines is 1. The summed E-state index contributed by atoms with van der Waals surface area (Å²) in [5.74, 6) is -1.49. The van der Waals surface area contributed by atoms with Crippen molar-refractivity contribution < 1.29 is 19.1 Å². The number of fused-ring (bicyclic) bond motifs is 1. The Morgan fingerprint density at radius 1 is 1.14 bits per heavy atom. The van der Waals surface area contributed by atoms with E-state index in [1.54, 1.807) is 18.0 Å². The molecular formula is C23H22N2O4. The van der Waals surface area contributed by atoms with E-state index in [0.29, 0.717) is 5.56 Å². The minimum absolute atomic E-state index is 0.0840. The Hall–Kier alpha value is -3.41. The van der Waals surface area contributed by atoms with Crippen molar-refractivity contribution in [2.45, 2.75) is 26.4 Å². The molecule has 6 nitrogen and oxygen atoms in total. The number of H-pyrrole nitrogens is 1. The summed E-state index contributed by atoms with van der Waals surface area (Å²) in [6.07, 6.45) is 0.793. The number of aromatic nitrogens is 1. The van der Waals surface area contributed by atoms with Crippen molar-refractivity contribution in [2.75, 3.05) is 11.4 Å². The third kappa shape index (κ3) is 3.66. The fourth-order valence-corrected chi connectivity index (χ4v) is 3.66. The first kappa shape index (κ1) is 18.9. The van der Waals surface area contributed by atoms with Crippen molar-refractivity contribution in [1.82, 2.24) is 4.98 Å². The van der Waals surface area contributed by atoms with Crippen LogP contribution in [0.3, 0.4) is 0 Å². The van der Waals surface area contributed by atoms with E-state index in [4.69, 9.17) is 4.74 Å². The van der Waals surface area contributed by atoms with Gasteiger partial charge in [0.2, 0.25) is 11.7 Å². The second-order valence-electron chi connectivity index (χ2n) is 7.43. The molecule has 0 aliphatic carbocycles. The van der Waals surface area contributed by atoms with Crippen molar-refractivity contribution in [3.05, 3.63) is 65.9 Å². The molecule has 1 aliphatic heterocycles. The highest BCUT2D eigenvalue weighted by atomic mass is 16.5. The van der Waals surface area contributed by atoms with Gasteiger partial charge in [-0.3, -0.25) is 14.4 Å². The molecule has 2 atom stereocenters.